The predicted molar refractivity (Wildman–Crippen MR) is 126 cm³/mol. The first-order valence-electron chi connectivity index (χ1n) is 11.3. The Balaban J connectivity index is 1.54. The van der Waals surface area contributed by atoms with Crippen LogP contribution in [0.2, 0.25) is 0 Å². The van der Waals surface area contributed by atoms with Gasteiger partial charge in [-0.15, -0.1) is 0 Å². The lowest BCUT2D eigenvalue weighted by Gasteiger charge is -2.22. The van der Waals surface area contributed by atoms with E-state index in [9.17, 15) is 14.4 Å². The predicted octanol–water partition coefficient (Wildman–Crippen LogP) is 3.48. The second kappa shape index (κ2) is 10.4. The molecular weight excluding hydrogens is 420 g/mol. The number of fused-ring (bicyclic) bond motifs is 1. The molecule has 0 unspecified atom stereocenters. The number of hydrogen-bond donors (Lipinski definition) is 2. The van der Waals surface area contributed by atoms with Gasteiger partial charge in [-0.25, -0.2) is 4.98 Å². The molecule has 1 fully saturated rings. The summed E-state index contributed by atoms with van der Waals surface area (Å²) in [6.45, 7) is 3.36. The average molecular weight is 449 g/mol. The van der Waals surface area contributed by atoms with Crippen LogP contribution >= 0.6 is 0 Å². The summed E-state index contributed by atoms with van der Waals surface area (Å²) in [7, 11) is 0. The first kappa shape index (κ1) is 22.7. The Morgan fingerprint density at radius 3 is 2.85 bits per heavy atom. The topological polar surface area (TPSA) is 104 Å². The molecule has 2 N–H and O–H groups in total. The van der Waals surface area contributed by atoms with E-state index in [0.717, 1.165) is 19.3 Å². The molecule has 3 aromatic rings. The van der Waals surface area contributed by atoms with Crippen molar-refractivity contribution < 1.29 is 14.3 Å². The van der Waals surface area contributed by atoms with Gasteiger partial charge >= 0.3 is 0 Å². The maximum absolute atomic E-state index is 13.4. The van der Waals surface area contributed by atoms with Gasteiger partial charge in [0.1, 0.15) is 11.9 Å². The molecule has 33 heavy (non-hydrogen) atoms. The fourth-order valence-electron chi connectivity index (χ4n) is 3.91. The zero-order chi connectivity index (χ0) is 23.2. The number of carbonyl (C=O) groups excluding carboxylic acids is 2. The van der Waals surface area contributed by atoms with Gasteiger partial charge in [-0.2, -0.15) is 0 Å². The number of rotatable bonds is 8. The SMILES string of the molecule is CCCCN(Cc1nc2ccccc2c(=O)[nH]1)C(=O)c1cccc(NC(=O)[C@H]2CCCO2)c1. The summed E-state index contributed by atoms with van der Waals surface area (Å²) in [5, 5.41) is 3.36. The molecule has 0 aliphatic carbocycles. The highest BCUT2D eigenvalue weighted by Gasteiger charge is 2.24. The van der Waals surface area contributed by atoms with Gasteiger partial charge in [0.2, 0.25) is 0 Å². The van der Waals surface area contributed by atoms with Crippen LogP contribution in [0.1, 0.15) is 48.8 Å². The Morgan fingerprint density at radius 2 is 2.06 bits per heavy atom. The number of amides is 2. The third-order valence-electron chi connectivity index (χ3n) is 5.67. The van der Waals surface area contributed by atoms with Gasteiger partial charge in [0, 0.05) is 24.4 Å². The number of ether oxygens (including phenoxy) is 1. The van der Waals surface area contributed by atoms with Crippen molar-refractivity contribution in [1.29, 1.82) is 0 Å². The van der Waals surface area contributed by atoms with Crippen molar-refractivity contribution in [3.63, 3.8) is 0 Å². The van der Waals surface area contributed by atoms with Gasteiger partial charge < -0.3 is 19.9 Å². The van der Waals surface area contributed by atoms with Gasteiger partial charge in [0.15, 0.2) is 0 Å². The summed E-state index contributed by atoms with van der Waals surface area (Å²) < 4.78 is 5.43. The van der Waals surface area contributed by atoms with E-state index in [1.54, 1.807) is 47.4 Å². The van der Waals surface area contributed by atoms with Crippen LogP contribution in [0.3, 0.4) is 0 Å². The molecule has 0 spiro atoms. The number of para-hydroxylation sites is 1. The number of nitrogens with one attached hydrogen (secondary N) is 2. The summed E-state index contributed by atoms with van der Waals surface area (Å²) in [4.78, 5) is 47.2. The van der Waals surface area contributed by atoms with Gasteiger partial charge in [-0.3, -0.25) is 14.4 Å². The lowest BCUT2D eigenvalue weighted by molar-refractivity contribution is -0.124. The van der Waals surface area contributed by atoms with E-state index in [2.05, 4.69) is 22.2 Å². The molecule has 0 radical (unpaired) electrons. The van der Waals surface area contributed by atoms with E-state index in [1.165, 1.54) is 0 Å². The van der Waals surface area contributed by atoms with Crippen LogP contribution in [0.15, 0.2) is 53.3 Å². The van der Waals surface area contributed by atoms with Crippen molar-refractivity contribution in [1.82, 2.24) is 14.9 Å². The smallest absolute Gasteiger partial charge is 0.258 e. The molecule has 1 saturated heterocycles. The lowest BCUT2D eigenvalue weighted by Crippen LogP contribution is -2.33. The Hall–Kier alpha value is -3.52. The van der Waals surface area contributed by atoms with Crippen molar-refractivity contribution in [3.8, 4) is 0 Å². The van der Waals surface area contributed by atoms with Crippen molar-refractivity contribution in [2.75, 3.05) is 18.5 Å². The molecule has 0 saturated carbocycles. The van der Waals surface area contributed by atoms with E-state index in [1.807, 2.05) is 6.07 Å². The average Bonchev–Trinajstić information content (AvgIpc) is 3.37. The number of nitrogens with zero attached hydrogens (tertiary/aromatic N) is 2. The van der Waals surface area contributed by atoms with Crippen molar-refractivity contribution in [2.24, 2.45) is 0 Å². The molecule has 8 heteroatoms. The van der Waals surface area contributed by atoms with Crippen molar-refractivity contribution in [3.05, 3.63) is 70.3 Å². The molecule has 172 valence electrons. The number of aromatic nitrogens is 2. The fourth-order valence-corrected chi connectivity index (χ4v) is 3.91. The highest BCUT2D eigenvalue weighted by Crippen LogP contribution is 2.18. The maximum Gasteiger partial charge on any atom is 0.258 e. The normalized spacial score (nSPS) is 15.5. The van der Waals surface area contributed by atoms with Gasteiger partial charge in [0.25, 0.3) is 17.4 Å². The largest absolute Gasteiger partial charge is 0.368 e. The zero-order valence-electron chi connectivity index (χ0n) is 18.7. The van der Waals surface area contributed by atoms with Crippen LogP contribution < -0.4 is 10.9 Å². The molecule has 2 amide bonds. The van der Waals surface area contributed by atoms with Gasteiger partial charge in [-0.05, 0) is 49.6 Å². The molecule has 2 heterocycles. The molecule has 1 aromatic heterocycles. The third-order valence-corrected chi connectivity index (χ3v) is 5.67. The Morgan fingerprint density at radius 1 is 1.21 bits per heavy atom. The summed E-state index contributed by atoms with van der Waals surface area (Å²) in [5.74, 6) is 0.0522. The van der Waals surface area contributed by atoms with E-state index >= 15 is 0 Å². The zero-order valence-corrected chi connectivity index (χ0v) is 18.7. The van der Waals surface area contributed by atoms with Crippen LogP contribution in [0, 0.1) is 0 Å². The first-order valence-corrected chi connectivity index (χ1v) is 11.3. The summed E-state index contributed by atoms with van der Waals surface area (Å²) in [5.41, 5.74) is 1.38. The second-order valence-electron chi connectivity index (χ2n) is 8.18. The molecule has 4 rings (SSSR count). The maximum atomic E-state index is 13.4. The van der Waals surface area contributed by atoms with Crippen LogP contribution in [0.5, 0.6) is 0 Å². The van der Waals surface area contributed by atoms with Gasteiger partial charge in [0.05, 0.1) is 17.4 Å². The Bertz CT molecular complexity index is 1200. The van der Waals surface area contributed by atoms with E-state index < -0.39 is 6.10 Å². The van der Waals surface area contributed by atoms with Crippen LogP contribution in [-0.4, -0.2) is 45.9 Å². The molecule has 1 aliphatic rings. The minimum Gasteiger partial charge on any atom is -0.368 e. The Kier molecular flexibility index (Phi) is 7.14. The number of anilines is 1. The highest BCUT2D eigenvalue weighted by atomic mass is 16.5. The van der Waals surface area contributed by atoms with Crippen molar-refractivity contribution in [2.45, 2.75) is 45.3 Å². The monoisotopic (exact) mass is 448 g/mol. The molecule has 1 atom stereocenters. The second-order valence-corrected chi connectivity index (χ2v) is 8.18. The van der Waals surface area contributed by atoms with E-state index in [0.29, 0.717) is 47.6 Å². The molecule has 1 aliphatic heterocycles. The fraction of sp³-hybridized carbons (Fsp3) is 0.360. The van der Waals surface area contributed by atoms with Crippen LogP contribution in [0.4, 0.5) is 5.69 Å². The summed E-state index contributed by atoms with van der Waals surface area (Å²) >= 11 is 0. The standard InChI is InChI=1S/C25H28N4O4/c1-2-3-13-29(16-22-27-20-11-5-4-10-19(20)23(30)28-22)25(32)17-8-6-9-18(15-17)26-24(31)21-12-7-14-33-21/h4-6,8-11,15,21H,2-3,7,12-14,16H2,1H3,(H,26,31)(H,27,28,30)/t21-/m1/s1. The number of benzene rings is 2. The van der Waals surface area contributed by atoms with E-state index in [-0.39, 0.29) is 23.9 Å². The lowest BCUT2D eigenvalue weighted by atomic mass is 10.1. The minimum atomic E-state index is -0.443. The van der Waals surface area contributed by atoms with E-state index in [4.69, 9.17) is 4.74 Å². The van der Waals surface area contributed by atoms with Crippen LogP contribution in [0.25, 0.3) is 10.9 Å². The number of hydrogen-bond acceptors (Lipinski definition) is 5. The number of carbonyl (C=O) groups is 2. The Labute approximate surface area is 192 Å². The number of aromatic amines is 1. The number of unbranched alkanes of at least 4 members (excludes halogenated alkanes) is 1. The third kappa shape index (κ3) is 5.46. The number of H-pyrrole nitrogens is 1. The molecule has 0 bridgehead atoms. The highest BCUT2D eigenvalue weighted by molar-refractivity contribution is 5.98. The quantitative estimate of drug-likeness (QED) is 0.549. The van der Waals surface area contributed by atoms with Crippen LogP contribution in [-0.2, 0) is 16.1 Å². The molecule has 2 aromatic carbocycles. The summed E-state index contributed by atoms with van der Waals surface area (Å²) in [6.07, 6.45) is 2.86. The first-order chi connectivity index (χ1) is 16.0. The molecular formula is C25H28N4O4. The minimum absolute atomic E-state index is 0.186. The molecule has 8 nitrogen and oxygen atoms in total. The van der Waals surface area contributed by atoms with Gasteiger partial charge in [-0.1, -0.05) is 31.5 Å². The summed E-state index contributed by atoms with van der Waals surface area (Å²) in [6, 6.07) is 14.0. The van der Waals surface area contributed by atoms with Crippen molar-refractivity contribution >= 4 is 28.4 Å².